The van der Waals surface area contributed by atoms with Crippen molar-refractivity contribution in [1.29, 1.82) is 0 Å². The third kappa shape index (κ3) is 6.13. The number of benzene rings is 2. The lowest BCUT2D eigenvalue weighted by molar-refractivity contribution is -0.111. The molecule has 0 atom stereocenters. The second-order valence-corrected chi connectivity index (χ2v) is 10.00. The number of hydrogen-bond donors (Lipinski definition) is 3. The zero-order chi connectivity index (χ0) is 28.8. The molecule has 2 aromatic heterocycles. The van der Waals surface area contributed by atoms with Gasteiger partial charge in [-0.25, -0.2) is 4.98 Å². The van der Waals surface area contributed by atoms with Crippen LogP contribution in [0.3, 0.4) is 0 Å². The number of aromatic nitrogens is 2. The molecule has 0 bridgehead atoms. The van der Waals surface area contributed by atoms with E-state index in [9.17, 15) is 4.79 Å². The first-order valence-corrected chi connectivity index (χ1v) is 13.1. The Balaban J connectivity index is 1.88. The molecule has 0 saturated heterocycles. The summed E-state index contributed by atoms with van der Waals surface area (Å²) < 4.78 is 0. The molecular formula is C32H37N7O. The van der Waals surface area contributed by atoms with Gasteiger partial charge in [-0.05, 0) is 68.1 Å². The predicted molar refractivity (Wildman–Crippen MR) is 169 cm³/mol. The van der Waals surface area contributed by atoms with E-state index in [4.69, 9.17) is 10.7 Å². The number of hydrogen-bond acceptors (Lipinski definition) is 6. The average molecular weight is 536 g/mol. The van der Waals surface area contributed by atoms with Crippen molar-refractivity contribution < 1.29 is 4.79 Å². The van der Waals surface area contributed by atoms with E-state index in [1.807, 2.05) is 19.1 Å². The first kappa shape index (κ1) is 28.3. The molecule has 2 aromatic carbocycles. The van der Waals surface area contributed by atoms with Gasteiger partial charge in [0, 0.05) is 79.3 Å². The van der Waals surface area contributed by atoms with Gasteiger partial charge in [0.15, 0.2) is 0 Å². The number of H-pyrrole nitrogens is 1. The van der Waals surface area contributed by atoms with Gasteiger partial charge in [-0.3, -0.25) is 9.79 Å². The highest BCUT2D eigenvalue weighted by molar-refractivity contribution is 6.12. The summed E-state index contributed by atoms with van der Waals surface area (Å²) in [6, 6.07) is 16.7. The van der Waals surface area contributed by atoms with Gasteiger partial charge in [-0.2, -0.15) is 0 Å². The van der Waals surface area contributed by atoms with Crippen molar-refractivity contribution in [3.05, 3.63) is 84.7 Å². The molecule has 8 heteroatoms. The standard InChI is InChI=1S/C32H37N7O/c1-7-29(40)36-28-17-23(9-8-21(28)2)30-27-16-24(25(18-33)19-34-3)20-35-32(27)37-31(30)22-10-12-26(13-11-22)39(6)15-14-38(4)5/h7-13,16-20H,1,14-15,33H2,2-6H3,(H,35,37)(H,36,40)/b25-18+,34-19?. The quantitative estimate of drug-likeness (QED) is 0.188. The molecule has 0 spiro atoms. The van der Waals surface area contributed by atoms with Gasteiger partial charge in [0.25, 0.3) is 0 Å². The van der Waals surface area contributed by atoms with Crippen LogP contribution in [0.25, 0.3) is 39.0 Å². The number of carbonyl (C=O) groups is 1. The first-order chi connectivity index (χ1) is 19.2. The largest absolute Gasteiger partial charge is 0.404 e. The number of nitrogens with zero attached hydrogens (tertiary/aromatic N) is 4. The number of likely N-dealkylation sites (N-methyl/N-ethyl adjacent to an activating group) is 2. The second kappa shape index (κ2) is 12.4. The zero-order valence-electron chi connectivity index (χ0n) is 23.8. The number of carbonyl (C=O) groups excluding carboxylic acids is 1. The van der Waals surface area contributed by atoms with Crippen LogP contribution in [0.2, 0.25) is 0 Å². The molecule has 0 unspecified atom stereocenters. The Labute approximate surface area is 235 Å². The highest BCUT2D eigenvalue weighted by Gasteiger charge is 2.19. The molecule has 40 heavy (non-hydrogen) atoms. The van der Waals surface area contributed by atoms with Crippen molar-refractivity contribution in [3.63, 3.8) is 0 Å². The number of fused-ring (bicyclic) bond motifs is 1. The Hall–Kier alpha value is -4.69. The summed E-state index contributed by atoms with van der Waals surface area (Å²) in [5, 5.41) is 3.87. The number of amides is 1. The second-order valence-electron chi connectivity index (χ2n) is 10.00. The summed E-state index contributed by atoms with van der Waals surface area (Å²) in [7, 11) is 7.97. The van der Waals surface area contributed by atoms with Crippen molar-refractivity contribution >= 4 is 40.1 Å². The Morgan fingerprint density at radius 3 is 2.48 bits per heavy atom. The van der Waals surface area contributed by atoms with Crippen LogP contribution in [0.15, 0.2) is 78.6 Å². The minimum atomic E-state index is -0.256. The van der Waals surface area contributed by atoms with E-state index >= 15 is 0 Å². The SMILES string of the molecule is C=CC(=O)Nc1cc(-c2c(-c3ccc(N(C)CCN(C)C)cc3)[nH]c3ncc(/C(C=NC)=C/N)cc23)ccc1C. The highest BCUT2D eigenvalue weighted by atomic mass is 16.1. The summed E-state index contributed by atoms with van der Waals surface area (Å²) in [5.74, 6) is -0.256. The molecule has 0 radical (unpaired) electrons. The Morgan fingerprint density at radius 2 is 1.82 bits per heavy atom. The fourth-order valence-corrected chi connectivity index (χ4v) is 4.56. The molecule has 0 fully saturated rings. The summed E-state index contributed by atoms with van der Waals surface area (Å²) in [4.78, 5) is 29.0. The van der Waals surface area contributed by atoms with Gasteiger partial charge in [-0.1, -0.05) is 30.8 Å². The number of anilines is 2. The molecule has 8 nitrogen and oxygen atoms in total. The van der Waals surface area contributed by atoms with Gasteiger partial charge in [-0.15, -0.1) is 0 Å². The van der Waals surface area contributed by atoms with E-state index in [-0.39, 0.29) is 5.91 Å². The lowest BCUT2D eigenvalue weighted by Gasteiger charge is -2.21. The molecule has 0 saturated carbocycles. The van der Waals surface area contributed by atoms with Crippen LogP contribution in [-0.2, 0) is 4.79 Å². The normalized spacial score (nSPS) is 11.9. The van der Waals surface area contributed by atoms with Crippen LogP contribution in [0.4, 0.5) is 11.4 Å². The maximum atomic E-state index is 12.1. The predicted octanol–water partition coefficient (Wildman–Crippen LogP) is 5.33. The van der Waals surface area contributed by atoms with Crippen molar-refractivity contribution in [2.24, 2.45) is 10.7 Å². The maximum absolute atomic E-state index is 12.1. The van der Waals surface area contributed by atoms with Crippen LogP contribution in [-0.4, -0.2) is 68.3 Å². The van der Waals surface area contributed by atoms with E-state index in [2.05, 4.69) is 89.2 Å². The third-order valence-corrected chi connectivity index (χ3v) is 6.88. The number of aryl methyl sites for hydroxylation is 1. The van der Waals surface area contributed by atoms with E-state index in [1.54, 1.807) is 19.5 Å². The molecular weight excluding hydrogens is 498 g/mol. The number of rotatable bonds is 10. The van der Waals surface area contributed by atoms with Gasteiger partial charge in [0.05, 0.1) is 5.69 Å². The minimum absolute atomic E-state index is 0.256. The van der Waals surface area contributed by atoms with Crippen molar-refractivity contribution in [2.45, 2.75) is 6.92 Å². The molecule has 1 amide bonds. The fourth-order valence-electron chi connectivity index (χ4n) is 4.56. The van der Waals surface area contributed by atoms with Crippen LogP contribution < -0.4 is 16.0 Å². The first-order valence-electron chi connectivity index (χ1n) is 13.1. The molecule has 0 aliphatic rings. The van der Waals surface area contributed by atoms with Crippen LogP contribution >= 0.6 is 0 Å². The number of nitrogens with two attached hydrogens (primary N) is 1. The van der Waals surface area contributed by atoms with E-state index in [0.717, 1.165) is 74.6 Å². The third-order valence-electron chi connectivity index (χ3n) is 6.88. The summed E-state index contributed by atoms with van der Waals surface area (Å²) in [6.07, 6.45) is 6.31. The van der Waals surface area contributed by atoms with E-state index < -0.39 is 0 Å². The molecule has 4 aromatic rings. The highest BCUT2D eigenvalue weighted by Crippen LogP contribution is 2.40. The average Bonchev–Trinajstić information content (AvgIpc) is 3.34. The van der Waals surface area contributed by atoms with Crippen LogP contribution in [0, 0.1) is 6.92 Å². The van der Waals surface area contributed by atoms with Crippen LogP contribution in [0.1, 0.15) is 11.1 Å². The maximum Gasteiger partial charge on any atom is 0.247 e. The number of nitrogens with one attached hydrogen (secondary N) is 2. The van der Waals surface area contributed by atoms with Crippen molar-refractivity contribution in [1.82, 2.24) is 14.9 Å². The zero-order valence-corrected chi connectivity index (χ0v) is 23.8. The summed E-state index contributed by atoms with van der Waals surface area (Å²) in [6.45, 7) is 7.45. The number of allylic oxidation sites excluding steroid dienone is 1. The number of aromatic amines is 1. The lowest BCUT2D eigenvalue weighted by Crippen LogP contribution is -2.28. The van der Waals surface area contributed by atoms with Gasteiger partial charge < -0.3 is 25.8 Å². The smallest absolute Gasteiger partial charge is 0.247 e. The Bertz CT molecular complexity index is 1580. The summed E-state index contributed by atoms with van der Waals surface area (Å²) >= 11 is 0. The van der Waals surface area contributed by atoms with Crippen molar-refractivity contribution in [3.8, 4) is 22.4 Å². The van der Waals surface area contributed by atoms with Gasteiger partial charge in [0.2, 0.25) is 5.91 Å². The topological polar surface area (TPSA) is 103 Å². The molecule has 4 N–H and O–H groups in total. The molecule has 206 valence electrons. The van der Waals surface area contributed by atoms with Gasteiger partial charge in [0.1, 0.15) is 5.65 Å². The lowest BCUT2D eigenvalue weighted by atomic mass is 9.96. The molecule has 4 rings (SSSR count). The van der Waals surface area contributed by atoms with Crippen molar-refractivity contribution in [2.75, 3.05) is 51.5 Å². The van der Waals surface area contributed by atoms with Crippen LogP contribution in [0.5, 0.6) is 0 Å². The van der Waals surface area contributed by atoms with Gasteiger partial charge >= 0.3 is 0 Å². The Kier molecular flexibility index (Phi) is 8.81. The fraction of sp³-hybridized carbons (Fsp3) is 0.219. The van der Waals surface area contributed by atoms with E-state index in [0.29, 0.717) is 0 Å². The number of aliphatic imine (C=N–C) groups is 1. The monoisotopic (exact) mass is 535 g/mol. The molecule has 0 aliphatic heterocycles. The number of pyridine rings is 1. The Morgan fingerprint density at radius 1 is 1.10 bits per heavy atom. The molecule has 2 heterocycles. The minimum Gasteiger partial charge on any atom is -0.404 e. The molecule has 0 aliphatic carbocycles. The summed E-state index contributed by atoms with van der Waals surface area (Å²) in [5.41, 5.74) is 15.0. The van der Waals surface area contributed by atoms with E-state index in [1.165, 1.54) is 12.3 Å².